The monoisotopic (exact) mass is 206 g/mol. The van der Waals surface area contributed by atoms with Crippen LogP contribution in [0.3, 0.4) is 0 Å². The minimum Gasteiger partial charge on any atom is -0.385 e. The maximum Gasteiger partial charge on any atom is 0.0462 e. The van der Waals surface area contributed by atoms with Crippen LogP contribution in [-0.4, -0.2) is 19.1 Å². The van der Waals surface area contributed by atoms with E-state index in [0.29, 0.717) is 5.41 Å². The minimum atomic E-state index is 0.289. The van der Waals surface area contributed by atoms with Crippen LogP contribution in [0.25, 0.3) is 0 Å². The van der Waals surface area contributed by atoms with Gasteiger partial charge in [0.2, 0.25) is 0 Å². The van der Waals surface area contributed by atoms with Crippen molar-refractivity contribution >= 4 is 11.6 Å². The Morgan fingerprint density at radius 1 is 1.31 bits per heavy atom. The molecule has 1 unspecified atom stereocenters. The molecule has 0 radical (unpaired) electrons. The highest BCUT2D eigenvalue weighted by Crippen LogP contribution is 2.30. The summed E-state index contributed by atoms with van der Waals surface area (Å²) in [5, 5.41) is 0.289. The van der Waals surface area contributed by atoms with Gasteiger partial charge < -0.3 is 4.74 Å². The Kier molecular flexibility index (Phi) is 6.79. The summed E-state index contributed by atoms with van der Waals surface area (Å²) in [5.41, 5.74) is 0.384. The molecule has 0 aliphatic carbocycles. The van der Waals surface area contributed by atoms with Gasteiger partial charge in [-0.25, -0.2) is 0 Å². The van der Waals surface area contributed by atoms with Crippen LogP contribution in [0.4, 0.5) is 0 Å². The van der Waals surface area contributed by atoms with Crippen LogP contribution in [0.5, 0.6) is 0 Å². The number of unbranched alkanes of at least 4 members (excludes halogenated alkanes) is 1. The Bertz CT molecular complexity index is 121. The zero-order valence-electron chi connectivity index (χ0n) is 9.40. The van der Waals surface area contributed by atoms with E-state index in [2.05, 4.69) is 20.8 Å². The van der Waals surface area contributed by atoms with Crippen molar-refractivity contribution in [2.24, 2.45) is 5.41 Å². The lowest BCUT2D eigenvalue weighted by Crippen LogP contribution is -2.15. The van der Waals surface area contributed by atoms with Crippen LogP contribution in [0.1, 0.15) is 46.5 Å². The van der Waals surface area contributed by atoms with E-state index >= 15 is 0 Å². The van der Waals surface area contributed by atoms with Gasteiger partial charge in [0.05, 0.1) is 0 Å². The topological polar surface area (TPSA) is 9.23 Å². The second-order valence-electron chi connectivity index (χ2n) is 4.60. The first kappa shape index (κ1) is 13.2. The van der Waals surface area contributed by atoms with E-state index in [9.17, 15) is 0 Å². The molecule has 0 heterocycles. The third-order valence-electron chi connectivity index (χ3n) is 2.29. The first-order valence-corrected chi connectivity index (χ1v) is 5.54. The van der Waals surface area contributed by atoms with Gasteiger partial charge in [-0.2, -0.15) is 0 Å². The molecule has 0 fully saturated rings. The van der Waals surface area contributed by atoms with Crippen molar-refractivity contribution in [2.45, 2.75) is 51.8 Å². The normalized spacial score (nSPS) is 14.5. The number of ether oxygens (including phenoxy) is 1. The Labute approximate surface area is 87.8 Å². The molecule has 80 valence electrons. The van der Waals surface area contributed by atoms with Gasteiger partial charge in [0.25, 0.3) is 0 Å². The van der Waals surface area contributed by atoms with Gasteiger partial charge in [0, 0.05) is 19.1 Å². The summed E-state index contributed by atoms with van der Waals surface area (Å²) in [6.45, 7) is 7.53. The van der Waals surface area contributed by atoms with Crippen LogP contribution in [0, 0.1) is 5.41 Å². The Hall–Kier alpha value is 0.250. The first-order chi connectivity index (χ1) is 5.98. The maximum atomic E-state index is 5.98. The van der Waals surface area contributed by atoms with Crippen molar-refractivity contribution in [3.63, 3.8) is 0 Å². The summed E-state index contributed by atoms with van der Waals surface area (Å²) < 4.78 is 5.01. The number of hydrogen-bond acceptors (Lipinski definition) is 1. The number of alkyl halides is 1. The van der Waals surface area contributed by atoms with Crippen LogP contribution < -0.4 is 0 Å². The van der Waals surface area contributed by atoms with Gasteiger partial charge in [-0.1, -0.05) is 20.3 Å². The quantitative estimate of drug-likeness (QED) is 0.454. The van der Waals surface area contributed by atoms with Gasteiger partial charge in [0.15, 0.2) is 0 Å². The van der Waals surface area contributed by atoms with E-state index in [-0.39, 0.29) is 5.38 Å². The molecule has 0 bridgehead atoms. The zero-order chi connectivity index (χ0) is 10.3. The van der Waals surface area contributed by atoms with Gasteiger partial charge >= 0.3 is 0 Å². The van der Waals surface area contributed by atoms with Crippen LogP contribution in [0.15, 0.2) is 0 Å². The van der Waals surface area contributed by atoms with E-state index in [1.807, 2.05) is 0 Å². The fraction of sp³-hybridized carbons (Fsp3) is 1.00. The Morgan fingerprint density at radius 2 is 1.92 bits per heavy atom. The molecular weight excluding hydrogens is 184 g/mol. The van der Waals surface area contributed by atoms with Gasteiger partial charge in [-0.15, -0.1) is 11.6 Å². The van der Waals surface area contributed by atoms with E-state index in [1.165, 1.54) is 12.8 Å². The molecular formula is C11H23ClO. The molecule has 0 saturated carbocycles. The summed E-state index contributed by atoms with van der Waals surface area (Å²) >= 11 is 5.98. The van der Waals surface area contributed by atoms with Crippen molar-refractivity contribution in [1.82, 2.24) is 0 Å². The second kappa shape index (κ2) is 6.67. The molecule has 0 aromatic carbocycles. The van der Waals surface area contributed by atoms with E-state index in [1.54, 1.807) is 7.11 Å². The molecule has 2 heteroatoms. The average Bonchev–Trinajstić information content (AvgIpc) is 1.95. The predicted octanol–water partition coefficient (Wildman–Crippen LogP) is 3.85. The second-order valence-corrected chi connectivity index (χ2v) is 5.34. The number of hydrogen-bond donors (Lipinski definition) is 0. The summed E-state index contributed by atoms with van der Waals surface area (Å²) in [6.07, 6.45) is 4.75. The van der Waals surface area contributed by atoms with Crippen LogP contribution in [0.2, 0.25) is 0 Å². The van der Waals surface area contributed by atoms with E-state index in [0.717, 1.165) is 19.4 Å². The molecule has 0 amide bonds. The molecule has 0 N–H and O–H groups in total. The summed E-state index contributed by atoms with van der Waals surface area (Å²) in [4.78, 5) is 0. The van der Waals surface area contributed by atoms with Crippen LogP contribution >= 0.6 is 11.6 Å². The van der Waals surface area contributed by atoms with Crippen molar-refractivity contribution in [1.29, 1.82) is 0 Å². The highest BCUT2D eigenvalue weighted by atomic mass is 35.5. The number of methoxy groups -OCH3 is 1. The molecule has 1 atom stereocenters. The molecule has 0 saturated heterocycles. The summed E-state index contributed by atoms with van der Waals surface area (Å²) in [7, 11) is 1.76. The fourth-order valence-corrected chi connectivity index (χ4v) is 2.13. The molecule has 13 heavy (non-hydrogen) atoms. The molecule has 1 nitrogen and oxygen atoms in total. The SMILES string of the molecule is COCCCCC(C)(C)CC(C)Cl. The van der Waals surface area contributed by atoms with Crippen molar-refractivity contribution < 1.29 is 4.74 Å². The van der Waals surface area contributed by atoms with E-state index < -0.39 is 0 Å². The third kappa shape index (κ3) is 8.58. The smallest absolute Gasteiger partial charge is 0.0462 e. The van der Waals surface area contributed by atoms with Gasteiger partial charge in [0.1, 0.15) is 0 Å². The lowest BCUT2D eigenvalue weighted by atomic mass is 9.83. The number of halogens is 1. The van der Waals surface area contributed by atoms with Crippen LogP contribution in [-0.2, 0) is 4.74 Å². The van der Waals surface area contributed by atoms with Gasteiger partial charge in [-0.05, 0) is 31.6 Å². The highest BCUT2D eigenvalue weighted by Gasteiger charge is 2.19. The third-order valence-corrected chi connectivity index (χ3v) is 2.44. The summed E-state index contributed by atoms with van der Waals surface area (Å²) in [6, 6.07) is 0. The Balaban J connectivity index is 3.50. The molecule has 0 aliphatic rings. The minimum absolute atomic E-state index is 0.289. The van der Waals surface area contributed by atoms with Crippen molar-refractivity contribution in [2.75, 3.05) is 13.7 Å². The lowest BCUT2D eigenvalue weighted by Gasteiger charge is -2.25. The zero-order valence-corrected chi connectivity index (χ0v) is 10.2. The van der Waals surface area contributed by atoms with Crippen molar-refractivity contribution in [3.8, 4) is 0 Å². The average molecular weight is 207 g/mol. The van der Waals surface area contributed by atoms with Crippen molar-refractivity contribution in [3.05, 3.63) is 0 Å². The fourth-order valence-electron chi connectivity index (χ4n) is 1.71. The molecule has 0 aromatic heterocycles. The molecule has 0 aliphatic heterocycles. The Morgan fingerprint density at radius 3 is 2.38 bits per heavy atom. The predicted molar refractivity (Wildman–Crippen MR) is 59.4 cm³/mol. The molecule has 0 rings (SSSR count). The standard InChI is InChI=1S/C11H23ClO/c1-10(12)9-11(2,3)7-5-6-8-13-4/h10H,5-9H2,1-4H3. The maximum absolute atomic E-state index is 5.98. The first-order valence-electron chi connectivity index (χ1n) is 5.11. The van der Waals surface area contributed by atoms with E-state index in [4.69, 9.17) is 16.3 Å². The largest absolute Gasteiger partial charge is 0.385 e. The highest BCUT2D eigenvalue weighted by molar-refractivity contribution is 6.20. The van der Waals surface area contributed by atoms with Gasteiger partial charge in [-0.3, -0.25) is 0 Å². The molecule has 0 spiro atoms. The summed E-state index contributed by atoms with van der Waals surface area (Å²) in [5.74, 6) is 0. The lowest BCUT2D eigenvalue weighted by molar-refractivity contribution is 0.184. The molecule has 0 aromatic rings. The number of rotatable bonds is 7.